The second-order valence-corrected chi connectivity index (χ2v) is 7.17. The average molecular weight is 483 g/mol. The fraction of sp³-hybridized carbons (Fsp3) is 0.706. The summed E-state index contributed by atoms with van der Waals surface area (Å²) >= 11 is 3.18. The molecule has 4 atom stereocenters. The molecule has 1 heterocycles. The van der Waals surface area contributed by atoms with E-state index in [-0.39, 0.29) is 0 Å². The van der Waals surface area contributed by atoms with Crippen LogP contribution in [-0.2, 0) is 52.4 Å². The summed E-state index contributed by atoms with van der Waals surface area (Å²) in [6.07, 6.45) is -4.02. The van der Waals surface area contributed by atoms with Crippen LogP contribution in [0.5, 0.6) is 0 Å². The summed E-state index contributed by atoms with van der Waals surface area (Å²) in [5, 5.41) is -1.09. The number of carbonyl (C=O) groups excluding carboxylic acids is 5. The highest BCUT2D eigenvalue weighted by molar-refractivity contribution is 9.09. The summed E-state index contributed by atoms with van der Waals surface area (Å²) in [5.41, 5.74) is -1.76. The summed E-state index contributed by atoms with van der Waals surface area (Å²) in [6.45, 7) is 4.58. The van der Waals surface area contributed by atoms with Crippen molar-refractivity contribution in [2.24, 2.45) is 0 Å². The van der Waals surface area contributed by atoms with Gasteiger partial charge in [0.15, 0.2) is 28.9 Å². The summed E-state index contributed by atoms with van der Waals surface area (Å²) in [5.74, 6) is -3.64. The zero-order valence-electron chi connectivity index (χ0n) is 16.6. The summed E-state index contributed by atoms with van der Waals surface area (Å²) in [6, 6.07) is 0. The van der Waals surface area contributed by atoms with Crippen molar-refractivity contribution in [3.63, 3.8) is 0 Å². The number of ether oxygens (including phenoxy) is 6. The fourth-order valence-electron chi connectivity index (χ4n) is 2.69. The number of carbonyl (C=O) groups is 5. The SMILES string of the molecule is CC(=O)OCC1(COC(C)=O)O[C@H](Br)[C@H](OC(C)=O)[C@@H](OC(C)=O)[C@H]1OC(C)=O. The Morgan fingerprint density at radius 2 is 1.14 bits per heavy atom. The Morgan fingerprint density at radius 1 is 0.724 bits per heavy atom. The van der Waals surface area contributed by atoms with E-state index >= 15 is 0 Å². The van der Waals surface area contributed by atoms with Crippen LogP contribution >= 0.6 is 15.9 Å². The molecule has 1 fully saturated rings. The smallest absolute Gasteiger partial charge is 0.303 e. The molecule has 164 valence electrons. The van der Waals surface area contributed by atoms with Crippen LogP contribution in [-0.4, -0.2) is 72.0 Å². The largest absolute Gasteiger partial charge is 0.462 e. The minimum Gasteiger partial charge on any atom is -0.462 e. The Balaban J connectivity index is 3.48. The fourth-order valence-corrected chi connectivity index (χ4v) is 3.47. The molecule has 0 bridgehead atoms. The molecule has 0 aromatic carbocycles. The van der Waals surface area contributed by atoms with Gasteiger partial charge in [0.05, 0.1) is 0 Å². The van der Waals surface area contributed by atoms with Crippen LogP contribution in [0, 0.1) is 0 Å². The van der Waals surface area contributed by atoms with Crippen molar-refractivity contribution in [2.75, 3.05) is 13.2 Å². The molecule has 1 aliphatic heterocycles. The monoisotopic (exact) mass is 482 g/mol. The molecule has 0 aromatic heterocycles. The van der Waals surface area contributed by atoms with Gasteiger partial charge in [-0.15, -0.1) is 0 Å². The first-order chi connectivity index (χ1) is 13.4. The minimum atomic E-state index is -1.76. The van der Waals surface area contributed by atoms with E-state index in [0.29, 0.717) is 0 Å². The molecule has 12 heteroatoms. The first-order valence-electron chi connectivity index (χ1n) is 8.48. The molecule has 0 aliphatic carbocycles. The molecule has 0 N–H and O–H groups in total. The van der Waals surface area contributed by atoms with Crippen molar-refractivity contribution in [1.82, 2.24) is 0 Å². The van der Waals surface area contributed by atoms with Crippen LogP contribution in [0.4, 0.5) is 0 Å². The van der Waals surface area contributed by atoms with E-state index in [1.807, 2.05) is 0 Å². The van der Waals surface area contributed by atoms with Gasteiger partial charge in [0.1, 0.15) is 13.2 Å². The second kappa shape index (κ2) is 10.5. The van der Waals surface area contributed by atoms with Crippen molar-refractivity contribution >= 4 is 45.8 Å². The third kappa shape index (κ3) is 7.28. The Hall–Kier alpha value is -2.21. The van der Waals surface area contributed by atoms with Crippen LogP contribution in [0.1, 0.15) is 34.6 Å². The molecule has 29 heavy (non-hydrogen) atoms. The van der Waals surface area contributed by atoms with Crippen molar-refractivity contribution in [1.29, 1.82) is 0 Å². The predicted octanol–water partition coefficient (Wildman–Crippen LogP) is 0.398. The molecule has 1 saturated heterocycles. The summed E-state index contributed by atoms with van der Waals surface area (Å²) < 4.78 is 31.7. The maximum atomic E-state index is 11.8. The number of halogens is 1. The number of alkyl halides is 1. The zero-order chi connectivity index (χ0) is 22.4. The van der Waals surface area contributed by atoms with E-state index in [0.717, 1.165) is 34.6 Å². The van der Waals surface area contributed by atoms with Crippen molar-refractivity contribution in [3.05, 3.63) is 0 Å². The number of rotatable bonds is 7. The van der Waals surface area contributed by atoms with E-state index < -0.39 is 72.0 Å². The van der Waals surface area contributed by atoms with Crippen molar-refractivity contribution < 1.29 is 52.4 Å². The molecule has 0 amide bonds. The molecule has 1 aliphatic rings. The number of hydrogen-bond donors (Lipinski definition) is 0. The summed E-state index contributed by atoms with van der Waals surface area (Å²) in [7, 11) is 0. The Kier molecular flexibility index (Phi) is 9.02. The van der Waals surface area contributed by atoms with Gasteiger partial charge in [-0.3, -0.25) is 24.0 Å². The van der Waals surface area contributed by atoms with E-state index in [1.54, 1.807) is 0 Å². The molecular formula is C17H23BrO11. The molecule has 0 spiro atoms. The Morgan fingerprint density at radius 3 is 1.52 bits per heavy atom. The first-order valence-corrected chi connectivity index (χ1v) is 9.40. The topological polar surface area (TPSA) is 141 Å². The third-order valence-electron chi connectivity index (χ3n) is 3.68. The van der Waals surface area contributed by atoms with Crippen molar-refractivity contribution in [2.45, 2.75) is 63.5 Å². The molecule has 0 saturated carbocycles. The standard InChI is InChI=1S/C17H23BrO11/c1-8(19)24-6-17(7-25-9(2)20)15(28-12(5)23)13(26-10(3)21)14(16(18)29-17)27-11(4)22/h13-16H,6-7H2,1-5H3/t13-,14-,15-,16+/m1/s1. The van der Waals surface area contributed by atoms with Gasteiger partial charge in [0.25, 0.3) is 0 Å². The van der Waals surface area contributed by atoms with Gasteiger partial charge in [0.2, 0.25) is 0 Å². The lowest BCUT2D eigenvalue weighted by molar-refractivity contribution is -0.280. The molecule has 0 unspecified atom stereocenters. The van der Waals surface area contributed by atoms with E-state index in [4.69, 9.17) is 28.4 Å². The molecule has 11 nitrogen and oxygen atoms in total. The molecule has 0 aromatic rings. The van der Waals surface area contributed by atoms with E-state index in [1.165, 1.54) is 0 Å². The number of hydrogen-bond acceptors (Lipinski definition) is 11. The third-order valence-corrected chi connectivity index (χ3v) is 4.39. The lowest BCUT2D eigenvalue weighted by Gasteiger charge is -2.49. The van der Waals surface area contributed by atoms with Gasteiger partial charge in [-0.25, -0.2) is 0 Å². The molecule has 0 radical (unpaired) electrons. The Labute approximate surface area is 175 Å². The maximum absolute atomic E-state index is 11.8. The van der Waals surface area contributed by atoms with Gasteiger partial charge in [-0.2, -0.15) is 0 Å². The highest BCUT2D eigenvalue weighted by atomic mass is 79.9. The predicted molar refractivity (Wildman–Crippen MR) is 96.5 cm³/mol. The van der Waals surface area contributed by atoms with Crippen LogP contribution in [0.25, 0.3) is 0 Å². The van der Waals surface area contributed by atoms with Gasteiger partial charge in [-0.1, -0.05) is 15.9 Å². The Bertz CT molecular complexity index is 644. The highest BCUT2D eigenvalue weighted by Crippen LogP contribution is 2.38. The first kappa shape index (κ1) is 24.8. The van der Waals surface area contributed by atoms with E-state index in [2.05, 4.69) is 15.9 Å². The highest BCUT2D eigenvalue weighted by Gasteiger charge is 2.60. The quantitative estimate of drug-likeness (QED) is 0.282. The molecule has 1 rings (SSSR count). The second-order valence-electron chi connectivity index (χ2n) is 6.27. The lowest BCUT2D eigenvalue weighted by atomic mass is 9.87. The minimum absolute atomic E-state index is 0.514. The maximum Gasteiger partial charge on any atom is 0.303 e. The van der Waals surface area contributed by atoms with Crippen LogP contribution in [0.2, 0.25) is 0 Å². The summed E-state index contributed by atoms with van der Waals surface area (Å²) in [4.78, 5) is 57.8. The van der Waals surface area contributed by atoms with Gasteiger partial charge in [0, 0.05) is 34.6 Å². The van der Waals surface area contributed by atoms with Crippen LogP contribution < -0.4 is 0 Å². The number of esters is 5. The van der Waals surface area contributed by atoms with Gasteiger partial charge in [-0.05, 0) is 0 Å². The average Bonchev–Trinajstić information content (AvgIpc) is 2.56. The van der Waals surface area contributed by atoms with Crippen molar-refractivity contribution in [3.8, 4) is 0 Å². The van der Waals surface area contributed by atoms with Gasteiger partial charge < -0.3 is 28.4 Å². The van der Waals surface area contributed by atoms with Crippen LogP contribution in [0.15, 0.2) is 0 Å². The van der Waals surface area contributed by atoms with Gasteiger partial charge >= 0.3 is 29.8 Å². The van der Waals surface area contributed by atoms with E-state index in [9.17, 15) is 24.0 Å². The lowest BCUT2D eigenvalue weighted by Crippen LogP contribution is -2.69. The normalized spacial score (nSPS) is 25.3. The molecular weight excluding hydrogens is 460 g/mol. The van der Waals surface area contributed by atoms with Crippen LogP contribution in [0.3, 0.4) is 0 Å². The zero-order valence-corrected chi connectivity index (χ0v) is 18.2.